The zero-order valence-corrected chi connectivity index (χ0v) is 14.5. The number of ketones is 1. The Labute approximate surface area is 139 Å². The number of aliphatic hydroxyl groups excluding tert-OH is 1. The van der Waals surface area contributed by atoms with E-state index in [0.717, 1.165) is 18.8 Å². The van der Waals surface area contributed by atoms with Gasteiger partial charge in [0.1, 0.15) is 0 Å². The summed E-state index contributed by atoms with van der Waals surface area (Å²) in [4.78, 5) is 11.9. The van der Waals surface area contributed by atoms with Gasteiger partial charge < -0.3 is 9.84 Å². The molecule has 0 spiro atoms. The molecule has 3 fully saturated rings. The van der Waals surface area contributed by atoms with Crippen LogP contribution in [0.3, 0.4) is 0 Å². The van der Waals surface area contributed by atoms with E-state index in [1.54, 1.807) is 0 Å². The molecule has 0 aliphatic heterocycles. The van der Waals surface area contributed by atoms with Gasteiger partial charge in [-0.1, -0.05) is 12.5 Å². The lowest BCUT2D eigenvalue weighted by atomic mass is 9.47. The Kier molecular flexibility index (Phi) is 3.73. The van der Waals surface area contributed by atoms with Crippen molar-refractivity contribution < 1.29 is 14.6 Å². The minimum absolute atomic E-state index is 0.0939. The van der Waals surface area contributed by atoms with E-state index in [1.807, 2.05) is 13.2 Å². The molecule has 4 aliphatic carbocycles. The maximum absolute atomic E-state index is 11.9. The monoisotopic (exact) mass is 318 g/mol. The summed E-state index contributed by atoms with van der Waals surface area (Å²) in [5.74, 6) is 2.26. The van der Waals surface area contributed by atoms with Crippen LogP contribution >= 0.6 is 0 Å². The average Bonchev–Trinajstić information content (AvgIpc) is 2.90. The van der Waals surface area contributed by atoms with Crippen molar-refractivity contribution in [1.29, 1.82) is 0 Å². The smallest absolute Gasteiger partial charge is 0.155 e. The van der Waals surface area contributed by atoms with Crippen molar-refractivity contribution in [2.45, 2.75) is 64.4 Å². The Morgan fingerprint density at radius 1 is 1.17 bits per heavy atom. The summed E-state index contributed by atoms with van der Waals surface area (Å²) in [6.45, 7) is 2.67. The number of hydrogen-bond acceptors (Lipinski definition) is 3. The van der Waals surface area contributed by atoms with Crippen LogP contribution in [-0.2, 0) is 9.53 Å². The van der Waals surface area contributed by atoms with Crippen LogP contribution in [0.5, 0.6) is 0 Å². The third kappa shape index (κ3) is 2.05. The van der Waals surface area contributed by atoms with Gasteiger partial charge >= 0.3 is 0 Å². The van der Waals surface area contributed by atoms with E-state index in [9.17, 15) is 9.90 Å². The first-order valence-electron chi connectivity index (χ1n) is 9.43. The van der Waals surface area contributed by atoms with Crippen LogP contribution in [-0.4, -0.2) is 30.7 Å². The molecule has 0 radical (unpaired) electrons. The van der Waals surface area contributed by atoms with E-state index in [0.29, 0.717) is 29.8 Å². The molecule has 1 N–H and O–H groups in total. The minimum atomic E-state index is -0.0939. The molecule has 4 rings (SSSR count). The lowest BCUT2D eigenvalue weighted by molar-refractivity contribution is -0.121. The fraction of sp³-hybridized carbons (Fsp3) is 0.850. The second-order valence-corrected chi connectivity index (χ2v) is 8.71. The van der Waals surface area contributed by atoms with E-state index in [4.69, 9.17) is 4.74 Å². The molecule has 0 aromatic heterocycles. The molecule has 3 saturated carbocycles. The maximum atomic E-state index is 11.9. The van der Waals surface area contributed by atoms with Crippen molar-refractivity contribution >= 4 is 5.78 Å². The van der Waals surface area contributed by atoms with Gasteiger partial charge in [-0.05, 0) is 74.2 Å². The van der Waals surface area contributed by atoms with Crippen LogP contribution in [0, 0.1) is 28.6 Å². The predicted molar refractivity (Wildman–Crippen MR) is 88.9 cm³/mol. The molecule has 0 saturated heterocycles. The third-order valence-corrected chi connectivity index (χ3v) is 8.17. The number of rotatable bonds is 2. The first-order valence-corrected chi connectivity index (χ1v) is 9.43. The van der Waals surface area contributed by atoms with Crippen LogP contribution in [0.4, 0.5) is 0 Å². The van der Waals surface area contributed by atoms with Gasteiger partial charge in [0.05, 0.1) is 12.7 Å². The lowest BCUT2D eigenvalue weighted by Gasteiger charge is -2.58. The summed E-state index contributed by atoms with van der Waals surface area (Å²) in [5, 5.41) is 10.3. The molecule has 3 nitrogen and oxygen atoms in total. The number of methoxy groups -OCH3 is 1. The van der Waals surface area contributed by atoms with Gasteiger partial charge in [0.25, 0.3) is 0 Å². The Hall–Kier alpha value is -0.670. The quantitative estimate of drug-likeness (QED) is 0.847. The highest BCUT2D eigenvalue weighted by molar-refractivity contribution is 5.91. The number of aliphatic hydroxyl groups is 1. The molecule has 23 heavy (non-hydrogen) atoms. The number of ether oxygens (including phenoxy) is 1. The molecule has 0 heterocycles. The highest BCUT2D eigenvalue weighted by atomic mass is 16.5. The van der Waals surface area contributed by atoms with E-state index in [1.165, 1.54) is 37.7 Å². The third-order valence-electron chi connectivity index (χ3n) is 8.17. The molecule has 4 aliphatic rings. The second kappa shape index (κ2) is 5.42. The van der Waals surface area contributed by atoms with Crippen LogP contribution in [0.1, 0.15) is 58.3 Å². The van der Waals surface area contributed by atoms with E-state index >= 15 is 0 Å². The van der Waals surface area contributed by atoms with Gasteiger partial charge in [-0.3, -0.25) is 4.79 Å². The van der Waals surface area contributed by atoms with Crippen molar-refractivity contribution in [3.05, 3.63) is 11.6 Å². The molecule has 0 aromatic rings. The zero-order valence-electron chi connectivity index (χ0n) is 14.5. The van der Waals surface area contributed by atoms with Crippen molar-refractivity contribution in [3.8, 4) is 0 Å². The van der Waals surface area contributed by atoms with Crippen molar-refractivity contribution in [3.63, 3.8) is 0 Å². The Balaban J connectivity index is 1.69. The molecule has 0 amide bonds. The fourth-order valence-corrected chi connectivity index (χ4v) is 7.00. The number of fused-ring (bicyclic) bond motifs is 5. The Morgan fingerprint density at radius 2 is 2.00 bits per heavy atom. The average molecular weight is 318 g/mol. The van der Waals surface area contributed by atoms with Crippen LogP contribution in [0.2, 0.25) is 0 Å². The van der Waals surface area contributed by atoms with Crippen LogP contribution in [0.25, 0.3) is 0 Å². The topological polar surface area (TPSA) is 46.5 Å². The summed E-state index contributed by atoms with van der Waals surface area (Å²) in [6, 6.07) is 0. The maximum Gasteiger partial charge on any atom is 0.155 e. The summed E-state index contributed by atoms with van der Waals surface area (Å²) in [7, 11) is 1.87. The fourth-order valence-electron chi connectivity index (χ4n) is 7.00. The van der Waals surface area contributed by atoms with Gasteiger partial charge in [0, 0.05) is 18.9 Å². The second-order valence-electron chi connectivity index (χ2n) is 8.71. The summed E-state index contributed by atoms with van der Waals surface area (Å²) in [5.41, 5.74) is 1.49. The molecule has 1 unspecified atom stereocenters. The number of hydrogen-bond donors (Lipinski definition) is 1. The van der Waals surface area contributed by atoms with Crippen molar-refractivity contribution in [2.24, 2.45) is 28.6 Å². The van der Waals surface area contributed by atoms with Crippen LogP contribution < -0.4 is 0 Å². The SMILES string of the molecule is COC1CC[C@H]2[C@@H]3CCC4=CC(=O)CC[C@]4(CO)[C@@H]3CC[C@]12C. The molecular formula is C20H30O3. The minimum Gasteiger partial charge on any atom is -0.395 e. The highest BCUT2D eigenvalue weighted by Crippen LogP contribution is 2.65. The Bertz CT molecular complexity index is 539. The molecule has 128 valence electrons. The van der Waals surface area contributed by atoms with Crippen molar-refractivity contribution in [1.82, 2.24) is 0 Å². The first-order chi connectivity index (χ1) is 11.0. The van der Waals surface area contributed by atoms with Crippen LogP contribution in [0.15, 0.2) is 11.6 Å². The molecule has 0 bridgehead atoms. The summed E-state index contributed by atoms with van der Waals surface area (Å²) < 4.78 is 5.83. The van der Waals surface area contributed by atoms with E-state index in [2.05, 4.69) is 6.92 Å². The van der Waals surface area contributed by atoms with E-state index in [-0.39, 0.29) is 17.8 Å². The van der Waals surface area contributed by atoms with Gasteiger partial charge in [0.15, 0.2) is 5.78 Å². The van der Waals surface area contributed by atoms with Gasteiger partial charge in [-0.25, -0.2) is 0 Å². The number of carbonyl (C=O) groups is 1. The summed E-state index contributed by atoms with van der Waals surface area (Å²) in [6.07, 6.45) is 10.8. The van der Waals surface area contributed by atoms with Gasteiger partial charge in [-0.15, -0.1) is 0 Å². The highest BCUT2D eigenvalue weighted by Gasteiger charge is 2.60. The first kappa shape index (κ1) is 15.8. The molecule has 3 heteroatoms. The normalized spacial score (nSPS) is 49.2. The molecular weight excluding hydrogens is 288 g/mol. The zero-order chi connectivity index (χ0) is 16.2. The number of carbonyl (C=O) groups excluding carboxylic acids is 1. The largest absolute Gasteiger partial charge is 0.395 e. The lowest BCUT2D eigenvalue weighted by Crippen LogP contribution is -2.53. The van der Waals surface area contributed by atoms with Gasteiger partial charge in [0.2, 0.25) is 0 Å². The van der Waals surface area contributed by atoms with Gasteiger partial charge in [-0.2, -0.15) is 0 Å². The molecule has 0 aromatic carbocycles. The predicted octanol–water partition coefficient (Wildman–Crippen LogP) is 3.51. The van der Waals surface area contributed by atoms with E-state index < -0.39 is 0 Å². The summed E-state index contributed by atoms with van der Waals surface area (Å²) >= 11 is 0. The Morgan fingerprint density at radius 3 is 2.74 bits per heavy atom. The molecule has 6 atom stereocenters. The van der Waals surface area contributed by atoms with Crippen molar-refractivity contribution in [2.75, 3.05) is 13.7 Å². The standard InChI is InChI=1S/C20H30O3/c1-19-9-8-17-15(16(19)5-6-18(19)23-2)4-3-13-11-14(22)7-10-20(13,17)12-21/h11,15-18,21H,3-10,12H2,1-2H3/t15-,16-,17+,18?,19-,20+/m0/s1.